The van der Waals surface area contributed by atoms with Crippen molar-refractivity contribution in [3.05, 3.63) is 124 Å². The number of anilines is 2. The van der Waals surface area contributed by atoms with Gasteiger partial charge in [-0.3, -0.25) is 9.69 Å². The molecule has 292 valence electrons. The first-order chi connectivity index (χ1) is 26.3. The van der Waals surface area contributed by atoms with Gasteiger partial charge in [-0.1, -0.05) is 23.9 Å². The minimum Gasteiger partial charge on any atom is -0.372 e. The molecule has 5 aromatic rings. The van der Waals surface area contributed by atoms with Gasteiger partial charge >= 0.3 is 24.6 Å². The smallest absolute Gasteiger partial charge is 0.372 e. The number of hydrogen-bond acceptors (Lipinski definition) is 6. The molecule has 1 aliphatic rings. The van der Waals surface area contributed by atoms with Gasteiger partial charge in [-0.25, -0.2) is 18.9 Å². The number of aliphatic imine (C=N–C) groups is 1. The van der Waals surface area contributed by atoms with Crippen molar-refractivity contribution in [2.45, 2.75) is 38.7 Å². The van der Waals surface area contributed by atoms with Gasteiger partial charge in [-0.15, -0.1) is 5.10 Å². The molecule has 3 amide bonds. The van der Waals surface area contributed by atoms with Crippen LogP contribution in [-0.4, -0.2) is 37.6 Å². The molecule has 0 atom stereocenters. The van der Waals surface area contributed by atoms with Crippen molar-refractivity contribution in [3.8, 4) is 17.1 Å². The molecule has 9 nitrogen and oxygen atoms in total. The van der Waals surface area contributed by atoms with Crippen LogP contribution in [0.2, 0.25) is 0 Å². The first-order valence-electron chi connectivity index (χ1n) is 16.0. The average Bonchev–Trinajstić information content (AvgIpc) is 3.75. The van der Waals surface area contributed by atoms with Crippen LogP contribution in [0.25, 0.3) is 17.1 Å². The number of amidine groups is 1. The van der Waals surface area contributed by atoms with Crippen molar-refractivity contribution in [1.82, 2.24) is 14.8 Å². The number of carbonyl (C=O) groups is 2. The Morgan fingerprint density at radius 2 is 1.50 bits per heavy atom. The monoisotopic (exact) mass is 810 g/mol. The summed E-state index contributed by atoms with van der Waals surface area (Å²) in [6, 6.07) is 12.5. The SMILES string of the molecule is Cc1ccc(COCc2cc(C(F)(F)F)cc(C(F)(F)F)c2)c(N2C(=O)CSC2=NC(=O)Nc2ccc(-c3ncn(-c4ccc(C(F)(F)F)cc4)n3)cc2F)c1. The van der Waals surface area contributed by atoms with E-state index in [1.54, 1.807) is 19.1 Å². The Hall–Kier alpha value is -5.76. The Balaban J connectivity index is 1.16. The Morgan fingerprint density at radius 1 is 0.839 bits per heavy atom. The fourth-order valence-electron chi connectivity index (χ4n) is 5.38. The number of rotatable bonds is 8. The predicted octanol–water partition coefficient (Wildman–Crippen LogP) is 9.82. The highest BCUT2D eigenvalue weighted by Gasteiger charge is 2.37. The molecular weight excluding hydrogens is 786 g/mol. The van der Waals surface area contributed by atoms with Gasteiger partial charge < -0.3 is 10.1 Å². The second-order valence-corrected chi connectivity index (χ2v) is 13.1. The molecule has 20 heteroatoms. The Kier molecular flexibility index (Phi) is 11.0. The van der Waals surface area contributed by atoms with Crippen molar-refractivity contribution in [3.63, 3.8) is 0 Å². The van der Waals surface area contributed by atoms with E-state index in [-0.39, 0.29) is 52.0 Å². The van der Waals surface area contributed by atoms with Gasteiger partial charge in [-0.05, 0) is 84.8 Å². The summed E-state index contributed by atoms with van der Waals surface area (Å²) in [6.07, 6.45) is -13.4. The number of aryl methyl sites for hydroxylation is 1. The first kappa shape index (κ1) is 39.9. The van der Waals surface area contributed by atoms with Crippen LogP contribution < -0.4 is 10.2 Å². The van der Waals surface area contributed by atoms with Gasteiger partial charge in [-0.2, -0.15) is 44.5 Å². The fourth-order valence-corrected chi connectivity index (χ4v) is 6.23. The van der Waals surface area contributed by atoms with Gasteiger partial charge in [0.25, 0.3) is 0 Å². The molecule has 0 saturated carbocycles. The predicted molar refractivity (Wildman–Crippen MR) is 184 cm³/mol. The van der Waals surface area contributed by atoms with Crippen LogP contribution >= 0.6 is 11.8 Å². The molecule has 1 aliphatic heterocycles. The number of nitrogens with one attached hydrogen (secondary N) is 1. The number of carbonyl (C=O) groups excluding carboxylic acids is 2. The second-order valence-electron chi connectivity index (χ2n) is 12.1. The number of ether oxygens (including phenoxy) is 1. The minimum atomic E-state index is -5.04. The van der Waals surface area contributed by atoms with Gasteiger partial charge in [0, 0.05) is 11.1 Å². The molecule has 56 heavy (non-hydrogen) atoms. The van der Waals surface area contributed by atoms with E-state index in [4.69, 9.17) is 4.74 Å². The summed E-state index contributed by atoms with van der Waals surface area (Å²) >= 11 is 0.885. The molecular formula is C36H24F10N6O3S. The van der Waals surface area contributed by atoms with E-state index in [1.165, 1.54) is 41.3 Å². The highest BCUT2D eigenvalue weighted by Crippen LogP contribution is 2.37. The van der Waals surface area contributed by atoms with Crippen molar-refractivity contribution in [2.24, 2.45) is 4.99 Å². The maximum atomic E-state index is 15.2. The molecule has 0 bridgehead atoms. The number of alkyl halides is 9. The molecule has 2 heterocycles. The van der Waals surface area contributed by atoms with Crippen LogP contribution in [0.3, 0.4) is 0 Å². The first-order valence-corrected chi connectivity index (χ1v) is 16.9. The van der Waals surface area contributed by atoms with Crippen LogP contribution in [0.5, 0.6) is 0 Å². The minimum absolute atomic E-state index is 0.00378. The average molecular weight is 811 g/mol. The molecule has 1 fully saturated rings. The number of thioether (sulfide) groups is 1. The number of benzene rings is 4. The summed E-state index contributed by atoms with van der Waals surface area (Å²) in [5, 5.41) is 6.35. The number of aromatic nitrogens is 3. The third-order valence-electron chi connectivity index (χ3n) is 8.04. The number of hydrogen-bond donors (Lipinski definition) is 1. The number of nitrogens with zero attached hydrogens (tertiary/aromatic N) is 5. The summed E-state index contributed by atoms with van der Waals surface area (Å²) in [5.74, 6) is -1.56. The quantitative estimate of drug-likeness (QED) is 0.157. The van der Waals surface area contributed by atoms with E-state index in [0.29, 0.717) is 23.3 Å². The molecule has 1 aromatic heterocycles. The summed E-state index contributed by atoms with van der Waals surface area (Å²) in [5.41, 5.74) is -3.00. The Labute approximate surface area is 314 Å². The number of amides is 3. The molecule has 0 aliphatic carbocycles. The number of urea groups is 1. The topological polar surface area (TPSA) is 102 Å². The van der Waals surface area contributed by atoms with E-state index >= 15 is 4.39 Å². The third-order valence-corrected chi connectivity index (χ3v) is 8.96. The summed E-state index contributed by atoms with van der Waals surface area (Å²) < 4.78 is 141. The van der Waals surface area contributed by atoms with Crippen LogP contribution in [0.4, 0.5) is 60.1 Å². The van der Waals surface area contributed by atoms with E-state index < -0.39 is 65.1 Å². The van der Waals surface area contributed by atoms with E-state index in [2.05, 4.69) is 20.4 Å². The van der Waals surface area contributed by atoms with E-state index in [1.807, 2.05) is 0 Å². The van der Waals surface area contributed by atoms with Crippen molar-refractivity contribution < 1.29 is 58.2 Å². The normalized spacial score (nSPS) is 14.5. The van der Waals surface area contributed by atoms with Crippen LogP contribution in [-0.2, 0) is 41.3 Å². The van der Waals surface area contributed by atoms with Crippen LogP contribution in [0, 0.1) is 12.7 Å². The highest BCUT2D eigenvalue weighted by molar-refractivity contribution is 8.15. The lowest BCUT2D eigenvalue weighted by atomic mass is 10.1. The second kappa shape index (κ2) is 15.4. The molecule has 0 spiro atoms. The zero-order chi connectivity index (χ0) is 40.6. The third kappa shape index (κ3) is 9.19. The summed E-state index contributed by atoms with van der Waals surface area (Å²) in [7, 11) is 0. The van der Waals surface area contributed by atoms with E-state index in [0.717, 1.165) is 34.9 Å². The fraction of sp³-hybridized carbons (Fsp3) is 0.194. The maximum absolute atomic E-state index is 15.2. The lowest BCUT2D eigenvalue weighted by Crippen LogP contribution is -2.31. The number of halogens is 10. The largest absolute Gasteiger partial charge is 0.416 e. The van der Waals surface area contributed by atoms with Crippen molar-refractivity contribution >= 4 is 40.2 Å². The molecule has 1 N–H and O–H groups in total. The van der Waals surface area contributed by atoms with Gasteiger partial charge in [0.2, 0.25) is 5.91 Å². The lowest BCUT2D eigenvalue weighted by molar-refractivity contribution is -0.143. The lowest BCUT2D eigenvalue weighted by Gasteiger charge is -2.21. The molecule has 0 radical (unpaired) electrons. The summed E-state index contributed by atoms with van der Waals surface area (Å²) in [4.78, 5) is 35.1. The molecule has 6 rings (SSSR count). The van der Waals surface area contributed by atoms with Crippen molar-refractivity contribution in [2.75, 3.05) is 16.0 Å². The van der Waals surface area contributed by atoms with Crippen molar-refractivity contribution in [1.29, 1.82) is 0 Å². The zero-order valence-corrected chi connectivity index (χ0v) is 29.2. The van der Waals surface area contributed by atoms with Gasteiger partial charge in [0.05, 0.1) is 52.7 Å². The molecule has 0 unspecified atom stereocenters. The summed E-state index contributed by atoms with van der Waals surface area (Å²) in [6.45, 7) is 0.678. The van der Waals surface area contributed by atoms with E-state index in [9.17, 15) is 49.1 Å². The van der Waals surface area contributed by atoms with Crippen LogP contribution in [0.1, 0.15) is 33.4 Å². The van der Waals surface area contributed by atoms with Gasteiger partial charge in [0.15, 0.2) is 11.0 Å². The molecule has 4 aromatic carbocycles. The molecule has 1 saturated heterocycles. The Bertz CT molecular complexity index is 2290. The Morgan fingerprint density at radius 3 is 2.12 bits per heavy atom. The van der Waals surface area contributed by atoms with Gasteiger partial charge in [0.1, 0.15) is 12.1 Å². The zero-order valence-electron chi connectivity index (χ0n) is 28.4. The van der Waals surface area contributed by atoms with Crippen LogP contribution in [0.15, 0.2) is 90.2 Å². The standard InChI is InChI=1S/C36H24F10N6O3S/c1-19-2-3-22(16-55-15-20-11-24(35(41,42)43)14-25(12-20)36(44,45)46)29(10-19)52-30(53)17-56-33(52)49-32(54)48-28-9-4-21(13-27(28)37)31-47-18-51(50-31)26-7-5-23(6-8-26)34(38,39)40/h2-14,18H,15-17H2,1H3,(H,48,54). The maximum Gasteiger partial charge on any atom is 0.416 e. The highest BCUT2D eigenvalue weighted by atomic mass is 32.2.